The Morgan fingerprint density at radius 2 is 2.13 bits per heavy atom. The molecule has 0 spiro atoms. The molecule has 2 aromatic rings. The van der Waals surface area contributed by atoms with E-state index in [-0.39, 0.29) is 11.9 Å². The van der Waals surface area contributed by atoms with Crippen LogP contribution in [-0.4, -0.2) is 38.8 Å². The molecule has 6 nitrogen and oxygen atoms in total. The Labute approximate surface area is 136 Å². The summed E-state index contributed by atoms with van der Waals surface area (Å²) in [5.74, 6) is 1.22. The zero-order valence-electron chi connectivity index (χ0n) is 13.7. The third kappa shape index (κ3) is 3.70. The number of hydrogen-bond acceptors (Lipinski definition) is 3. The first-order valence-electron chi connectivity index (χ1n) is 8.05. The molecule has 1 atom stereocenters. The first-order chi connectivity index (χ1) is 11.1. The van der Waals surface area contributed by atoms with Crippen molar-refractivity contribution in [2.75, 3.05) is 13.1 Å². The van der Waals surface area contributed by atoms with Crippen LogP contribution in [0.5, 0.6) is 0 Å². The molecule has 23 heavy (non-hydrogen) atoms. The number of nitrogens with one attached hydrogen (secondary N) is 1. The Hall–Kier alpha value is -2.37. The van der Waals surface area contributed by atoms with E-state index in [4.69, 9.17) is 0 Å². The van der Waals surface area contributed by atoms with Crippen LogP contribution in [0.2, 0.25) is 0 Å². The van der Waals surface area contributed by atoms with Crippen molar-refractivity contribution in [3.8, 4) is 0 Å². The highest BCUT2D eigenvalue weighted by Crippen LogP contribution is 2.24. The highest BCUT2D eigenvalue weighted by Gasteiger charge is 2.27. The van der Waals surface area contributed by atoms with Crippen molar-refractivity contribution in [1.82, 2.24) is 25.0 Å². The molecular weight excluding hydrogens is 290 g/mol. The molecule has 1 aromatic heterocycles. The van der Waals surface area contributed by atoms with Crippen molar-refractivity contribution in [2.24, 2.45) is 7.05 Å². The summed E-state index contributed by atoms with van der Waals surface area (Å²) in [6.45, 7) is 4.12. The first kappa shape index (κ1) is 15.5. The average Bonchev–Trinajstić information content (AvgIpc) is 3.00. The number of aromatic nitrogens is 3. The van der Waals surface area contributed by atoms with E-state index in [0.29, 0.717) is 13.1 Å². The van der Waals surface area contributed by atoms with Crippen LogP contribution in [0.1, 0.15) is 35.7 Å². The van der Waals surface area contributed by atoms with Crippen molar-refractivity contribution < 1.29 is 4.79 Å². The van der Waals surface area contributed by atoms with Gasteiger partial charge in [-0.05, 0) is 25.3 Å². The van der Waals surface area contributed by atoms with Crippen molar-refractivity contribution in [3.05, 3.63) is 47.5 Å². The SMILES string of the molecule is Cc1ccc(CNC(=O)N2CCCC(c3nncn3C)C2)cc1. The topological polar surface area (TPSA) is 63.1 Å². The maximum Gasteiger partial charge on any atom is 0.317 e. The number of urea groups is 1. The molecule has 0 saturated carbocycles. The summed E-state index contributed by atoms with van der Waals surface area (Å²) >= 11 is 0. The molecule has 2 heterocycles. The van der Waals surface area contributed by atoms with Gasteiger partial charge in [0, 0.05) is 32.6 Å². The van der Waals surface area contributed by atoms with Gasteiger partial charge in [-0.25, -0.2) is 4.79 Å². The summed E-state index contributed by atoms with van der Waals surface area (Å²) < 4.78 is 1.94. The molecule has 2 amide bonds. The number of amides is 2. The van der Waals surface area contributed by atoms with Gasteiger partial charge in [-0.3, -0.25) is 0 Å². The second kappa shape index (κ2) is 6.81. The monoisotopic (exact) mass is 313 g/mol. The van der Waals surface area contributed by atoms with Gasteiger partial charge < -0.3 is 14.8 Å². The van der Waals surface area contributed by atoms with E-state index in [1.165, 1.54) is 5.56 Å². The van der Waals surface area contributed by atoms with E-state index in [1.54, 1.807) is 6.33 Å². The predicted octanol–water partition coefficient (Wildman–Crippen LogP) is 2.21. The van der Waals surface area contributed by atoms with Crippen LogP contribution in [0.25, 0.3) is 0 Å². The Bertz CT molecular complexity index is 664. The van der Waals surface area contributed by atoms with Crippen LogP contribution in [-0.2, 0) is 13.6 Å². The van der Waals surface area contributed by atoms with Crippen molar-refractivity contribution in [2.45, 2.75) is 32.2 Å². The van der Waals surface area contributed by atoms with Crippen molar-refractivity contribution in [1.29, 1.82) is 0 Å². The summed E-state index contributed by atoms with van der Waals surface area (Å²) in [4.78, 5) is 14.3. The van der Waals surface area contributed by atoms with Gasteiger partial charge in [-0.1, -0.05) is 29.8 Å². The number of rotatable bonds is 3. The lowest BCUT2D eigenvalue weighted by Gasteiger charge is -2.32. The number of aryl methyl sites for hydroxylation is 2. The Balaban J connectivity index is 1.56. The lowest BCUT2D eigenvalue weighted by Crippen LogP contribution is -2.45. The van der Waals surface area contributed by atoms with Gasteiger partial charge in [0.2, 0.25) is 0 Å². The Morgan fingerprint density at radius 1 is 1.35 bits per heavy atom. The van der Waals surface area contributed by atoms with E-state index in [9.17, 15) is 4.79 Å². The van der Waals surface area contributed by atoms with Crippen LogP contribution in [0.4, 0.5) is 4.79 Å². The summed E-state index contributed by atoms with van der Waals surface area (Å²) in [7, 11) is 1.95. The average molecular weight is 313 g/mol. The van der Waals surface area contributed by atoms with Gasteiger partial charge in [0.25, 0.3) is 0 Å². The fraction of sp³-hybridized carbons (Fsp3) is 0.471. The number of likely N-dealkylation sites (tertiary alicyclic amines) is 1. The van der Waals surface area contributed by atoms with Gasteiger partial charge >= 0.3 is 6.03 Å². The Morgan fingerprint density at radius 3 is 2.83 bits per heavy atom. The molecule has 122 valence electrons. The van der Waals surface area contributed by atoms with Crippen LogP contribution in [0, 0.1) is 6.92 Å². The number of carbonyl (C=O) groups is 1. The molecule has 0 bridgehead atoms. The van der Waals surface area contributed by atoms with Gasteiger partial charge in [0.05, 0.1) is 0 Å². The minimum atomic E-state index is -0.00237. The second-order valence-electron chi connectivity index (χ2n) is 6.23. The van der Waals surface area contributed by atoms with E-state index in [1.807, 2.05) is 28.6 Å². The number of benzene rings is 1. The summed E-state index contributed by atoms with van der Waals surface area (Å²) in [5.41, 5.74) is 2.34. The quantitative estimate of drug-likeness (QED) is 0.945. The normalized spacial score (nSPS) is 18.0. The van der Waals surface area contributed by atoms with E-state index >= 15 is 0 Å². The largest absolute Gasteiger partial charge is 0.334 e. The summed E-state index contributed by atoms with van der Waals surface area (Å²) in [5, 5.41) is 11.1. The van der Waals surface area contributed by atoms with Crippen LogP contribution < -0.4 is 5.32 Å². The highest BCUT2D eigenvalue weighted by molar-refractivity contribution is 5.74. The molecule has 0 radical (unpaired) electrons. The number of carbonyl (C=O) groups excluding carboxylic acids is 1. The van der Waals surface area contributed by atoms with Crippen molar-refractivity contribution >= 4 is 6.03 Å². The molecule has 6 heteroatoms. The third-order valence-electron chi connectivity index (χ3n) is 4.38. The van der Waals surface area contributed by atoms with Crippen LogP contribution in [0.3, 0.4) is 0 Å². The van der Waals surface area contributed by atoms with Gasteiger partial charge in [-0.2, -0.15) is 0 Å². The summed E-state index contributed by atoms with van der Waals surface area (Å²) in [6.07, 6.45) is 3.76. The van der Waals surface area contributed by atoms with Crippen molar-refractivity contribution in [3.63, 3.8) is 0 Å². The maximum atomic E-state index is 12.4. The minimum Gasteiger partial charge on any atom is -0.334 e. The minimum absolute atomic E-state index is 0.00237. The van der Waals surface area contributed by atoms with Crippen LogP contribution >= 0.6 is 0 Å². The number of piperidine rings is 1. The van der Waals surface area contributed by atoms with E-state index < -0.39 is 0 Å². The molecule has 1 fully saturated rings. The first-order valence-corrected chi connectivity index (χ1v) is 8.05. The standard InChI is InChI=1S/C17H23N5O/c1-13-5-7-14(8-6-13)10-18-17(23)22-9-3-4-15(11-22)16-20-19-12-21(16)2/h5-8,12,15H,3-4,9-11H2,1-2H3,(H,18,23). The van der Waals surface area contributed by atoms with Crippen LogP contribution in [0.15, 0.2) is 30.6 Å². The molecule has 0 aliphatic carbocycles. The molecule has 1 unspecified atom stereocenters. The van der Waals surface area contributed by atoms with Gasteiger partial charge in [0.15, 0.2) is 0 Å². The number of hydrogen-bond donors (Lipinski definition) is 1. The highest BCUT2D eigenvalue weighted by atomic mass is 16.2. The molecule has 1 aromatic carbocycles. The smallest absolute Gasteiger partial charge is 0.317 e. The Kier molecular flexibility index (Phi) is 4.60. The fourth-order valence-corrected chi connectivity index (χ4v) is 3.03. The predicted molar refractivity (Wildman–Crippen MR) is 88.0 cm³/mol. The molecule has 1 saturated heterocycles. The maximum absolute atomic E-state index is 12.4. The van der Waals surface area contributed by atoms with Gasteiger partial charge in [-0.15, -0.1) is 10.2 Å². The zero-order chi connectivity index (χ0) is 16.2. The third-order valence-corrected chi connectivity index (χ3v) is 4.38. The lowest BCUT2D eigenvalue weighted by atomic mass is 9.97. The molecule has 1 N–H and O–H groups in total. The number of nitrogens with zero attached hydrogens (tertiary/aromatic N) is 4. The zero-order valence-corrected chi connectivity index (χ0v) is 13.7. The second-order valence-corrected chi connectivity index (χ2v) is 6.23. The molecular formula is C17H23N5O. The fourth-order valence-electron chi connectivity index (χ4n) is 3.03. The summed E-state index contributed by atoms with van der Waals surface area (Å²) in [6, 6.07) is 8.22. The molecule has 1 aliphatic heterocycles. The lowest BCUT2D eigenvalue weighted by molar-refractivity contribution is 0.177. The van der Waals surface area contributed by atoms with Gasteiger partial charge in [0.1, 0.15) is 12.2 Å². The van der Waals surface area contributed by atoms with E-state index in [0.717, 1.165) is 30.8 Å². The molecule has 1 aliphatic rings. The van der Waals surface area contributed by atoms with E-state index in [2.05, 4.69) is 34.6 Å². The molecule has 3 rings (SSSR count).